The standard InChI is InChI=1S/C17H27N3O/c1-13(2)8-9-18-17(21)16-7-6-15(11-19-16)20-10-4-5-14(3)12-20/h6-7,11,13-14H,4-5,8-10,12H2,1-3H3,(H,18,21). The van der Waals surface area contributed by atoms with E-state index >= 15 is 0 Å². The second kappa shape index (κ2) is 7.43. The molecule has 4 heteroatoms. The number of anilines is 1. The Bertz CT molecular complexity index is 456. The first-order chi connectivity index (χ1) is 10.1. The van der Waals surface area contributed by atoms with Crippen LogP contribution < -0.4 is 10.2 Å². The van der Waals surface area contributed by atoms with Gasteiger partial charge in [-0.1, -0.05) is 20.8 Å². The molecule has 0 aromatic carbocycles. The lowest BCUT2D eigenvalue weighted by molar-refractivity contribution is 0.0947. The van der Waals surface area contributed by atoms with Crippen LogP contribution in [0.4, 0.5) is 5.69 Å². The van der Waals surface area contributed by atoms with E-state index in [1.54, 1.807) is 0 Å². The maximum atomic E-state index is 12.0. The fourth-order valence-corrected chi connectivity index (χ4v) is 2.70. The Hall–Kier alpha value is -1.58. The maximum absolute atomic E-state index is 12.0. The minimum absolute atomic E-state index is 0.0748. The van der Waals surface area contributed by atoms with Crippen molar-refractivity contribution in [3.05, 3.63) is 24.0 Å². The fraction of sp³-hybridized carbons (Fsp3) is 0.647. The lowest BCUT2D eigenvalue weighted by Gasteiger charge is -2.32. The Kier molecular flexibility index (Phi) is 5.59. The lowest BCUT2D eigenvalue weighted by Crippen LogP contribution is -2.34. The van der Waals surface area contributed by atoms with Gasteiger partial charge in [0, 0.05) is 19.6 Å². The molecule has 21 heavy (non-hydrogen) atoms. The van der Waals surface area contributed by atoms with E-state index in [1.165, 1.54) is 12.8 Å². The highest BCUT2D eigenvalue weighted by Gasteiger charge is 2.17. The first-order valence-electron chi connectivity index (χ1n) is 8.05. The largest absolute Gasteiger partial charge is 0.370 e. The molecule has 1 aliphatic heterocycles. The number of hydrogen-bond acceptors (Lipinski definition) is 3. The summed E-state index contributed by atoms with van der Waals surface area (Å²) in [7, 11) is 0. The second-order valence-electron chi connectivity index (χ2n) is 6.53. The van der Waals surface area contributed by atoms with E-state index in [2.05, 4.69) is 36.0 Å². The molecule has 0 aliphatic carbocycles. The number of nitrogens with zero attached hydrogens (tertiary/aromatic N) is 2. The highest BCUT2D eigenvalue weighted by Crippen LogP contribution is 2.22. The van der Waals surface area contributed by atoms with Gasteiger partial charge in [0.25, 0.3) is 5.91 Å². The van der Waals surface area contributed by atoms with E-state index < -0.39 is 0 Å². The minimum Gasteiger partial charge on any atom is -0.370 e. The molecule has 1 aromatic heterocycles. The summed E-state index contributed by atoms with van der Waals surface area (Å²) < 4.78 is 0. The molecule has 2 rings (SSSR count). The summed E-state index contributed by atoms with van der Waals surface area (Å²) in [5.41, 5.74) is 1.63. The van der Waals surface area contributed by atoms with Gasteiger partial charge in [0.15, 0.2) is 0 Å². The zero-order valence-electron chi connectivity index (χ0n) is 13.4. The van der Waals surface area contributed by atoms with Crippen molar-refractivity contribution in [1.29, 1.82) is 0 Å². The monoisotopic (exact) mass is 289 g/mol. The van der Waals surface area contributed by atoms with Crippen molar-refractivity contribution >= 4 is 11.6 Å². The Balaban J connectivity index is 1.90. The third-order valence-electron chi connectivity index (χ3n) is 4.01. The lowest BCUT2D eigenvalue weighted by atomic mass is 10.00. The van der Waals surface area contributed by atoms with Gasteiger partial charge in [0.2, 0.25) is 0 Å². The van der Waals surface area contributed by atoms with Crippen LogP contribution in [-0.2, 0) is 0 Å². The predicted octanol–water partition coefficient (Wildman–Crippen LogP) is 3.09. The Morgan fingerprint density at radius 1 is 1.48 bits per heavy atom. The summed E-state index contributed by atoms with van der Waals surface area (Å²) >= 11 is 0. The summed E-state index contributed by atoms with van der Waals surface area (Å²) in [4.78, 5) is 18.7. The molecule has 0 spiro atoms. The molecular weight excluding hydrogens is 262 g/mol. The molecule has 0 saturated carbocycles. The third-order valence-corrected chi connectivity index (χ3v) is 4.01. The molecule has 2 heterocycles. The molecule has 116 valence electrons. The number of hydrogen-bond donors (Lipinski definition) is 1. The summed E-state index contributed by atoms with van der Waals surface area (Å²) in [6, 6.07) is 3.85. The number of pyridine rings is 1. The molecule has 0 bridgehead atoms. The first-order valence-corrected chi connectivity index (χ1v) is 8.05. The number of rotatable bonds is 5. The summed E-state index contributed by atoms with van der Waals surface area (Å²) in [6.07, 6.45) is 5.36. The molecule has 1 saturated heterocycles. The van der Waals surface area contributed by atoms with E-state index in [0.717, 1.165) is 31.1 Å². The van der Waals surface area contributed by atoms with E-state index in [1.807, 2.05) is 18.3 Å². The van der Waals surface area contributed by atoms with E-state index in [0.29, 0.717) is 18.2 Å². The van der Waals surface area contributed by atoms with Crippen molar-refractivity contribution in [3.63, 3.8) is 0 Å². The molecule has 0 radical (unpaired) electrons. The Morgan fingerprint density at radius 3 is 2.90 bits per heavy atom. The van der Waals surface area contributed by atoms with Crippen LogP contribution in [0.1, 0.15) is 50.5 Å². The van der Waals surface area contributed by atoms with E-state index in [-0.39, 0.29) is 5.91 Å². The summed E-state index contributed by atoms with van der Waals surface area (Å²) in [6.45, 7) is 9.48. The number of carbonyl (C=O) groups is 1. The summed E-state index contributed by atoms with van der Waals surface area (Å²) in [5, 5.41) is 2.92. The minimum atomic E-state index is -0.0748. The highest BCUT2D eigenvalue weighted by atomic mass is 16.1. The third kappa shape index (κ3) is 4.73. The van der Waals surface area contributed by atoms with Gasteiger partial charge in [-0.2, -0.15) is 0 Å². The number of carbonyl (C=O) groups excluding carboxylic acids is 1. The van der Waals surface area contributed by atoms with Crippen LogP contribution in [0.5, 0.6) is 0 Å². The molecule has 1 atom stereocenters. The zero-order chi connectivity index (χ0) is 15.2. The van der Waals surface area contributed by atoms with Crippen molar-refractivity contribution < 1.29 is 4.79 Å². The SMILES string of the molecule is CC(C)CCNC(=O)c1ccc(N2CCCC(C)C2)cn1. The van der Waals surface area contributed by atoms with Crippen molar-refractivity contribution in [3.8, 4) is 0 Å². The van der Waals surface area contributed by atoms with E-state index in [9.17, 15) is 4.79 Å². The van der Waals surface area contributed by atoms with Gasteiger partial charge in [0.1, 0.15) is 5.69 Å². The van der Waals surface area contributed by atoms with Gasteiger partial charge < -0.3 is 10.2 Å². The second-order valence-corrected chi connectivity index (χ2v) is 6.53. The number of piperidine rings is 1. The number of aromatic nitrogens is 1. The van der Waals surface area contributed by atoms with Crippen LogP contribution >= 0.6 is 0 Å². The predicted molar refractivity (Wildman–Crippen MR) is 86.6 cm³/mol. The molecule has 1 aliphatic rings. The molecule has 4 nitrogen and oxygen atoms in total. The van der Waals surface area contributed by atoms with Crippen molar-refractivity contribution in [2.24, 2.45) is 11.8 Å². The molecule has 1 aromatic rings. The molecule has 1 N–H and O–H groups in total. The van der Waals surface area contributed by atoms with Crippen molar-refractivity contribution in [2.75, 3.05) is 24.5 Å². The van der Waals surface area contributed by atoms with Crippen LogP contribution in [0.25, 0.3) is 0 Å². The Morgan fingerprint density at radius 2 is 2.29 bits per heavy atom. The average Bonchev–Trinajstić information content (AvgIpc) is 2.47. The van der Waals surface area contributed by atoms with Gasteiger partial charge in [-0.05, 0) is 43.2 Å². The van der Waals surface area contributed by atoms with Gasteiger partial charge in [0.05, 0.1) is 11.9 Å². The van der Waals surface area contributed by atoms with Gasteiger partial charge in [-0.25, -0.2) is 4.98 Å². The van der Waals surface area contributed by atoms with Crippen molar-refractivity contribution in [1.82, 2.24) is 10.3 Å². The van der Waals surface area contributed by atoms with Gasteiger partial charge in [-0.3, -0.25) is 4.79 Å². The highest BCUT2D eigenvalue weighted by molar-refractivity contribution is 5.92. The average molecular weight is 289 g/mol. The fourth-order valence-electron chi connectivity index (χ4n) is 2.70. The molecular formula is C17H27N3O. The smallest absolute Gasteiger partial charge is 0.269 e. The van der Waals surface area contributed by atoms with Crippen LogP contribution in [0, 0.1) is 11.8 Å². The van der Waals surface area contributed by atoms with Crippen LogP contribution in [0.15, 0.2) is 18.3 Å². The molecule has 1 amide bonds. The van der Waals surface area contributed by atoms with Crippen molar-refractivity contribution in [2.45, 2.75) is 40.0 Å². The maximum Gasteiger partial charge on any atom is 0.269 e. The van der Waals surface area contributed by atoms with Crippen LogP contribution in [0.2, 0.25) is 0 Å². The van der Waals surface area contributed by atoms with Gasteiger partial charge in [-0.15, -0.1) is 0 Å². The zero-order valence-corrected chi connectivity index (χ0v) is 13.4. The topological polar surface area (TPSA) is 45.2 Å². The number of nitrogens with one attached hydrogen (secondary N) is 1. The van der Waals surface area contributed by atoms with Crippen LogP contribution in [0.3, 0.4) is 0 Å². The Labute approximate surface area is 127 Å². The van der Waals surface area contributed by atoms with E-state index in [4.69, 9.17) is 0 Å². The quantitative estimate of drug-likeness (QED) is 0.906. The van der Waals surface area contributed by atoms with Crippen LogP contribution in [-0.4, -0.2) is 30.5 Å². The molecule has 1 unspecified atom stereocenters. The first kappa shape index (κ1) is 15.8. The number of amides is 1. The summed E-state index contributed by atoms with van der Waals surface area (Å²) in [5.74, 6) is 1.26. The molecule has 1 fully saturated rings. The van der Waals surface area contributed by atoms with Gasteiger partial charge >= 0.3 is 0 Å². The normalized spacial score (nSPS) is 18.9.